The number of hydrogen-bond acceptors (Lipinski definition) is 6. The van der Waals surface area contributed by atoms with E-state index >= 15 is 0 Å². The zero-order valence-corrected chi connectivity index (χ0v) is 19.4. The van der Waals surface area contributed by atoms with Gasteiger partial charge in [-0.1, -0.05) is 11.6 Å². The van der Waals surface area contributed by atoms with Gasteiger partial charge in [0.2, 0.25) is 10.0 Å². The first kappa shape index (κ1) is 25.1. The van der Waals surface area contributed by atoms with Gasteiger partial charge in [-0.25, -0.2) is 31.9 Å². The van der Waals surface area contributed by atoms with Crippen LogP contribution in [0, 0.1) is 5.82 Å². The Morgan fingerprint density at radius 1 is 1.30 bits per heavy atom. The molecule has 2 aromatic rings. The van der Waals surface area contributed by atoms with Crippen LogP contribution in [0.4, 0.5) is 9.18 Å². The summed E-state index contributed by atoms with van der Waals surface area (Å²) >= 11 is 6.00. The molecule has 1 aliphatic rings. The van der Waals surface area contributed by atoms with Gasteiger partial charge in [0, 0.05) is 37.9 Å². The van der Waals surface area contributed by atoms with Crippen LogP contribution < -0.4 is 10.1 Å². The molecule has 1 saturated heterocycles. The summed E-state index contributed by atoms with van der Waals surface area (Å²) < 4.78 is 46.2. The van der Waals surface area contributed by atoms with E-state index < -0.39 is 28.0 Å². The number of nitrogens with zero attached hydrogens (tertiary/aromatic N) is 3. The largest absolute Gasteiger partial charge is 0.489 e. The highest BCUT2D eigenvalue weighted by Crippen LogP contribution is 2.28. The van der Waals surface area contributed by atoms with Crippen molar-refractivity contribution in [3.63, 3.8) is 0 Å². The van der Waals surface area contributed by atoms with Crippen LogP contribution in [0.15, 0.2) is 36.7 Å². The average molecular weight is 501 g/mol. The number of rotatable bonds is 10. The number of carboxylic acid groups (broad SMARTS) is 1. The minimum Gasteiger partial charge on any atom is -0.489 e. The average Bonchev–Trinajstić information content (AvgIpc) is 2.76. The van der Waals surface area contributed by atoms with Crippen molar-refractivity contribution in [1.82, 2.24) is 19.6 Å². The highest BCUT2D eigenvalue weighted by Gasteiger charge is 2.31. The van der Waals surface area contributed by atoms with E-state index in [-0.39, 0.29) is 30.0 Å². The first-order chi connectivity index (χ1) is 15.7. The maximum atomic E-state index is 13.2. The number of hydrogen-bond donors (Lipinski definition) is 2. The second-order valence-corrected chi connectivity index (χ2v) is 10.2. The van der Waals surface area contributed by atoms with Gasteiger partial charge in [0.1, 0.15) is 23.5 Å². The van der Waals surface area contributed by atoms with Gasteiger partial charge in [-0.15, -0.1) is 0 Å². The molecule has 180 valence electrons. The molecule has 12 heteroatoms. The number of piperidine rings is 1. The first-order valence-corrected chi connectivity index (χ1v) is 12.6. The SMILES string of the molecule is O=C(O)N[C@H](CCCc1ncccn1)CS(=O)(=O)N1CCC(Oc2ccc(F)cc2Cl)CC1. The van der Waals surface area contributed by atoms with Gasteiger partial charge in [-0.2, -0.15) is 0 Å². The molecule has 1 fully saturated rings. The first-order valence-electron chi connectivity index (χ1n) is 10.6. The third kappa shape index (κ3) is 7.79. The number of amides is 1. The summed E-state index contributed by atoms with van der Waals surface area (Å²) in [7, 11) is -3.69. The molecule has 3 rings (SSSR count). The highest BCUT2D eigenvalue weighted by atomic mass is 35.5. The summed E-state index contributed by atoms with van der Waals surface area (Å²) in [6.07, 6.45) is 4.00. The molecule has 9 nitrogen and oxygen atoms in total. The molecular weight excluding hydrogens is 475 g/mol. The van der Waals surface area contributed by atoms with Gasteiger partial charge in [-0.05, 0) is 49.9 Å². The Labute approximate surface area is 197 Å². The molecule has 33 heavy (non-hydrogen) atoms. The lowest BCUT2D eigenvalue weighted by atomic mass is 10.1. The van der Waals surface area contributed by atoms with E-state index in [2.05, 4.69) is 15.3 Å². The molecule has 0 spiro atoms. The topological polar surface area (TPSA) is 122 Å². The molecule has 0 unspecified atom stereocenters. The van der Waals surface area contributed by atoms with Crippen LogP contribution in [-0.2, 0) is 16.4 Å². The summed E-state index contributed by atoms with van der Waals surface area (Å²) in [5.74, 6) is 0.184. The van der Waals surface area contributed by atoms with Gasteiger partial charge in [-0.3, -0.25) is 0 Å². The molecule has 0 aliphatic carbocycles. The molecule has 1 atom stereocenters. The van der Waals surface area contributed by atoms with Crippen LogP contribution >= 0.6 is 11.6 Å². The van der Waals surface area contributed by atoms with Crippen LogP contribution in [0.25, 0.3) is 0 Å². The summed E-state index contributed by atoms with van der Waals surface area (Å²) in [6.45, 7) is 0.479. The molecular formula is C21H26ClFN4O5S. The molecule has 2 heterocycles. The monoisotopic (exact) mass is 500 g/mol. The van der Waals surface area contributed by atoms with E-state index in [0.717, 1.165) is 6.07 Å². The van der Waals surface area contributed by atoms with Crippen molar-refractivity contribution in [2.24, 2.45) is 0 Å². The predicted molar refractivity (Wildman–Crippen MR) is 120 cm³/mol. The third-order valence-corrected chi connectivity index (χ3v) is 7.56. The number of sulfonamides is 1. The van der Waals surface area contributed by atoms with Crippen molar-refractivity contribution in [3.8, 4) is 5.75 Å². The molecule has 1 aromatic carbocycles. The van der Waals surface area contributed by atoms with E-state index in [0.29, 0.717) is 43.7 Å². The lowest BCUT2D eigenvalue weighted by Crippen LogP contribution is -2.47. The van der Waals surface area contributed by atoms with Crippen LogP contribution in [0.3, 0.4) is 0 Å². The van der Waals surface area contributed by atoms with Gasteiger partial charge in [0.05, 0.1) is 10.8 Å². The minimum atomic E-state index is -3.69. The minimum absolute atomic E-state index is 0.161. The van der Waals surface area contributed by atoms with Gasteiger partial charge in [0.15, 0.2) is 0 Å². The van der Waals surface area contributed by atoms with Crippen molar-refractivity contribution >= 4 is 27.7 Å². The lowest BCUT2D eigenvalue weighted by Gasteiger charge is -2.32. The Bertz CT molecular complexity index is 1040. The van der Waals surface area contributed by atoms with E-state index in [9.17, 15) is 17.6 Å². The maximum Gasteiger partial charge on any atom is 0.404 e. The van der Waals surface area contributed by atoms with Crippen molar-refractivity contribution in [2.45, 2.75) is 44.2 Å². The second-order valence-electron chi connectivity index (χ2n) is 7.77. The zero-order valence-electron chi connectivity index (χ0n) is 17.9. The number of benzene rings is 1. The Morgan fingerprint density at radius 2 is 2.00 bits per heavy atom. The second kappa shape index (κ2) is 11.6. The summed E-state index contributed by atoms with van der Waals surface area (Å²) in [5.41, 5.74) is 0. The molecule has 1 amide bonds. The highest BCUT2D eigenvalue weighted by molar-refractivity contribution is 7.89. The Hall–Kier alpha value is -2.50. The molecule has 2 N–H and O–H groups in total. The smallest absolute Gasteiger partial charge is 0.404 e. The fraction of sp³-hybridized carbons (Fsp3) is 0.476. The standard InChI is InChI=1S/C21H26ClFN4O5S/c22-18-13-15(23)5-6-19(18)32-17-7-11-27(12-8-17)33(30,31)14-16(26-21(28)29)3-1-4-20-24-9-2-10-25-20/h2,5-6,9-10,13,16-17,26H,1,3-4,7-8,11-12,14H2,(H,28,29)/t16-/m1/s1. The molecule has 1 aliphatic heterocycles. The lowest BCUT2D eigenvalue weighted by molar-refractivity contribution is 0.135. The normalized spacial score (nSPS) is 16.3. The van der Waals surface area contributed by atoms with Crippen molar-refractivity contribution in [3.05, 3.63) is 53.3 Å². The van der Waals surface area contributed by atoms with E-state index in [1.165, 1.54) is 16.4 Å². The van der Waals surface area contributed by atoms with Crippen molar-refractivity contribution in [1.29, 1.82) is 0 Å². The number of aryl methyl sites for hydroxylation is 1. The zero-order chi connectivity index (χ0) is 23.8. The summed E-state index contributed by atoms with van der Waals surface area (Å²) in [6, 6.07) is 4.82. The number of nitrogens with one attached hydrogen (secondary N) is 1. The van der Waals surface area contributed by atoms with Crippen molar-refractivity contribution < 1.29 is 27.4 Å². The Kier molecular flexibility index (Phi) is 8.81. The molecule has 1 aromatic heterocycles. The van der Waals surface area contributed by atoms with Crippen LogP contribution in [0.5, 0.6) is 5.75 Å². The third-order valence-electron chi connectivity index (χ3n) is 5.29. The van der Waals surface area contributed by atoms with Crippen LogP contribution in [-0.4, -0.2) is 64.9 Å². The number of carbonyl (C=O) groups is 1. The van der Waals surface area contributed by atoms with E-state index in [1.54, 1.807) is 18.5 Å². The molecule has 0 radical (unpaired) electrons. The van der Waals surface area contributed by atoms with Crippen LogP contribution in [0.1, 0.15) is 31.5 Å². The summed E-state index contributed by atoms with van der Waals surface area (Å²) in [5, 5.41) is 11.6. The molecule has 0 saturated carbocycles. The summed E-state index contributed by atoms with van der Waals surface area (Å²) in [4.78, 5) is 19.4. The van der Waals surface area contributed by atoms with Gasteiger partial charge < -0.3 is 15.2 Å². The van der Waals surface area contributed by atoms with Crippen molar-refractivity contribution in [2.75, 3.05) is 18.8 Å². The van der Waals surface area contributed by atoms with E-state index in [4.69, 9.17) is 21.4 Å². The fourth-order valence-electron chi connectivity index (χ4n) is 3.68. The number of halogens is 2. The Balaban J connectivity index is 1.52. The maximum absolute atomic E-state index is 13.2. The number of ether oxygens (including phenoxy) is 1. The quantitative estimate of drug-likeness (QED) is 0.514. The molecule has 0 bridgehead atoms. The van der Waals surface area contributed by atoms with Crippen LogP contribution in [0.2, 0.25) is 5.02 Å². The van der Waals surface area contributed by atoms with E-state index in [1.807, 2.05) is 0 Å². The predicted octanol–water partition coefficient (Wildman–Crippen LogP) is 3.10. The van der Waals surface area contributed by atoms with Gasteiger partial charge >= 0.3 is 6.09 Å². The van der Waals surface area contributed by atoms with Gasteiger partial charge in [0.25, 0.3) is 0 Å². The number of aromatic nitrogens is 2. The fourth-order valence-corrected chi connectivity index (χ4v) is 5.62. The Morgan fingerprint density at radius 3 is 2.64 bits per heavy atom.